The van der Waals surface area contributed by atoms with Gasteiger partial charge in [-0.3, -0.25) is 4.79 Å². The number of carbonyl (C=O) groups excluding carboxylic acids is 2. The average Bonchev–Trinajstić information content (AvgIpc) is 2.54. The maximum Gasteiger partial charge on any atom is 0.338 e. The zero-order valence-electron chi connectivity index (χ0n) is 12.1. The second-order valence-corrected chi connectivity index (χ2v) is 4.50. The summed E-state index contributed by atoms with van der Waals surface area (Å²) in [5.74, 6) is -0.595. The third-order valence-corrected chi connectivity index (χ3v) is 3.07. The van der Waals surface area contributed by atoms with Crippen LogP contribution in [0.15, 0.2) is 54.6 Å². The number of hydrogen-bond donors (Lipinski definition) is 0. The Morgan fingerprint density at radius 3 is 2.33 bits per heavy atom. The van der Waals surface area contributed by atoms with Crippen molar-refractivity contribution in [3.8, 4) is 0 Å². The molecule has 0 aliphatic carbocycles. The van der Waals surface area contributed by atoms with Crippen LogP contribution < -0.4 is 4.90 Å². The van der Waals surface area contributed by atoms with Crippen LogP contribution in [0, 0.1) is 0 Å². The minimum absolute atomic E-state index is 0.174. The first-order chi connectivity index (χ1) is 10.1. The van der Waals surface area contributed by atoms with Gasteiger partial charge in [-0.25, -0.2) is 4.79 Å². The van der Waals surface area contributed by atoms with E-state index in [4.69, 9.17) is 4.74 Å². The molecule has 0 aliphatic rings. The topological polar surface area (TPSA) is 46.6 Å². The summed E-state index contributed by atoms with van der Waals surface area (Å²) in [7, 11) is 1.70. The van der Waals surface area contributed by atoms with Gasteiger partial charge >= 0.3 is 5.97 Å². The van der Waals surface area contributed by atoms with Crippen LogP contribution in [0.1, 0.15) is 27.6 Å². The van der Waals surface area contributed by atoms with Crippen LogP contribution in [-0.2, 0) is 4.74 Å². The summed E-state index contributed by atoms with van der Waals surface area (Å²) in [6, 6.07) is 15.9. The third-order valence-electron chi connectivity index (χ3n) is 3.07. The molecule has 0 fully saturated rings. The molecule has 0 saturated carbocycles. The van der Waals surface area contributed by atoms with Gasteiger partial charge in [0.2, 0.25) is 0 Å². The highest BCUT2D eigenvalue weighted by Crippen LogP contribution is 2.16. The Labute approximate surface area is 124 Å². The molecule has 4 nitrogen and oxygen atoms in total. The lowest BCUT2D eigenvalue weighted by Gasteiger charge is -2.17. The largest absolute Gasteiger partial charge is 0.462 e. The van der Waals surface area contributed by atoms with Crippen LogP contribution in [0.2, 0.25) is 0 Å². The molecule has 0 unspecified atom stereocenters. The first-order valence-electron chi connectivity index (χ1n) is 6.73. The van der Waals surface area contributed by atoms with Crippen molar-refractivity contribution in [2.24, 2.45) is 0 Å². The molecule has 2 aromatic rings. The molecule has 0 spiro atoms. The first-order valence-corrected chi connectivity index (χ1v) is 6.73. The van der Waals surface area contributed by atoms with E-state index in [1.165, 1.54) is 0 Å². The van der Waals surface area contributed by atoms with Crippen LogP contribution in [0.3, 0.4) is 0 Å². The molecular weight excluding hydrogens is 266 g/mol. The molecule has 0 aromatic heterocycles. The van der Waals surface area contributed by atoms with Gasteiger partial charge < -0.3 is 9.64 Å². The van der Waals surface area contributed by atoms with E-state index in [0.717, 1.165) is 5.69 Å². The second kappa shape index (κ2) is 6.70. The highest BCUT2D eigenvalue weighted by atomic mass is 16.5. The molecule has 0 heterocycles. The number of esters is 1. The molecule has 0 bridgehead atoms. The molecule has 0 radical (unpaired) electrons. The molecule has 0 atom stereocenters. The maximum atomic E-state index is 12.5. The molecule has 1 amide bonds. The van der Waals surface area contributed by atoms with Crippen LogP contribution in [0.5, 0.6) is 0 Å². The van der Waals surface area contributed by atoms with Crippen molar-refractivity contribution in [3.63, 3.8) is 0 Å². The highest BCUT2D eigenvalue weighted by Gasteiger charge is 2.15. The summed E-state index contributed by atoms with van der Waals surface area (Å²) in [5.41, 5.74) is 1.63. The van der Waals surface area contributed by atoms with Crippen molar-refractivity contribution in [2.75, 3.05) is 18.6 Å². The lowest BCUT2D eigenvalue weighted by Crippen LogP contribution is -2.26. The van der Waals surface area contributed by atoms with Crippen LogP contribution in [-0.4, -0.2) is 25.5 Å². The fraction of sp³-hybridized carbons (Fsp3) is 0.176. The van der Waals surface area contributed by atoms with Gasteiger partial charge in [0.1, 0.15) is 0 Å². The third kappa shape index (κ3) is 3.48. The van der Waals surface area contributed by atoms with Gasteiger partial charge in [0.15, 0.2) is 0 Å². The Balaban J connectivity index is 2.23. The van der Waals surface area contributed by atoms with Crippen LogP contribution in [0.4, 0.5) is 5.69 Å². The minimum Gasteiger partial charge on any atom is -0.462 e. The molecular formula is C17H17NO3. The molecule has 0 saturated heterocycles. The molecule has 21 heavy (non-hydrogen) atoms. The SMILES string of the molecule is CCOC(=O)c1cccc(C(=O)N(C)c2ccccc2)c1. The number of nitrogens with zero attached hydrogens (tertiary/aromatic N) is 1. The molecule has 0 N–H and O–H groups in total. The van der Waals surface area contributed by atoms with Crippen molar-refractivity contribution in [1.29, 1.82) is 0 Å². The van der Waals surface area contributed by atoms with E-state index in [9.17, 15) is 9.59 Å². The van der Waals surface area contributed by atoms with Gasteiger partial charge in [-0.1, -0.05) is 24.3 Å². The van der Waals surface area contributed by atoms with Gasteiger partial charge in [0.25, 0.3) is 5.91 Å². The maximum absolute atomic E-state index is 12.5. The van der Waals surface area contributed by atoms with E-state index >= 15 is 0 Å². The normalized spacial score (nSPS) is 10.0. The Morgan fingerprint density at radius 2 is 1.67 bits per heavy atom. The fourth-order valence-corrected chi connectivity index (χ4v) is 1.96. The number of anilines is 1. The monoisotopic (exact) mass is 283 g/mol. The number of hydrogen-bond acceptors (Lipinski definition) is 3. The van der Waals surface area contributed by atoms with E-state index in [2.05, 4.69) is 0 Å². The molecule has 2 rings (SSSR count). The predicted molar refractivity (Wildman–Crippen MR) is 81.6 cm³/mol. The van der Waals surface area contributed by atoms with Crippen LogP contribution >= 0.6 is 0 Å². The van der Waals surface area contributed by atoms with E-state index in [1.807, 2.05) is 30.3 Å². The van der Waals surface area contributed by atoms with E-state index in [-0.39, 0.29) is 5.91 Å². The highest BCUT2D eigenvalue weighted by molar-refractivity contribution is 6.06. The van der Waals surface area contributed by atoms with Crippen molar-refractivity contribution < 1.29 is 14.3 Å². The van der Waals surface area contributed by atoms with E-state index in [1.54, 1.807) is 43.1 Å². The molecule has 108 valence electrons. The number of rotatable bonds is 4. The Hall–Kier alpha value is -2.62. The number of carbonyl (C=O) groups is 2. The number of amides is 1. The fourth-order valence-electron chi connectivity index (χ4n) is 1.96. The van der Waals surface area contributed by atoms with Crippen molar-refractivity contribution in [1.82, 2.24) is 0 Å². The summed E-state index contributed by atoms with van der Waals surface area (Å²) >= 11 is 0. The molecule has 4 heteroatoms. The zero-order valence-corrected chi connectivity index (χ0v) is 12.1. The van der Waals surface area contributed by atoms with Gasteiger partial charge in [0, 0.05) is 18.3 Å². The minimum atomic E-state index is -0.422. The lowest BCUT2D eigenvalue weighted by molar-refractivity contribution is 0.0526. The van der Waals surface area contributed by atoms with Gasteiger partial charge in [0.05, 0.1) is 12.2 Å². The number of ether oxygens (including phenoxy) is 1. The standard InChI is InChI=1S/C17H17NO3/c1-3-21-17(20)14-9-7-8-13(12-14)16(19)18(2)15-10-5-4-6-11-15/h4-12H,3H2,1-2H3. The lowest BCUT2D eigenvalue weighted by atomic mass is 10.1. The summed E-state index contributed by atoms with van der Waals surface area (Å²) < 4.78 is 4.94. The summed E-state index contributed by atoms with van der Waals surface area (Å²) in [5, 5.41) is 0. The number of para-hydroxylation sites is 1. The smallest absolute Gasteiger partial charge is 0.338 e. The first kappa shape index (κ1) is 14.8. The zero-order chi connectivity index (χ0) is 15.2. The Kier molecular flexibility index (Phi) is 4.72. The van der Waals surface area contributed by atoms with Crippen molar-refractivity contribution >= 4 is 17.6 Å². The summed E-state index contributed by atoms with van der Waals surface area (Å²) in [4.78, 5) is 25.7. The quantitative estimate of drug-likeness (QED) is 0.810. The van der Waals surface area contributed by atoms with E-state index < -0.39 is 5.97 Å². The average molecular weight is 283 g/mol. The van der Waals surface area contributed by atoms with Crippen LogP contribution in [0.25, 0.3) is 0 Å². The van der Waals surface area contributed by atoms with E-state index in [0.29, 0.717) is 17.7 Å². The number of benzene rings is 2. The van der Waals surface area contributed by atoms with Crippen molar-refractivity contribution in [2.45, 2.75) is 6.92 Å². The summed E-state index contributed by atoms with van der Waals surface area (Å²) in [6.45, 7) is 2.05. The Morgan fingerprint density at radius 1 is 1.00 bits per heavy atom. The summed E-state index contributed by atoms with van der Waals surface area (Å²) in [6.07, 6.45) is 0. The van der Waals surface area contributed by atoms with Gasteiger partial charge in [-0.15, -0.1) is 0 Å². The Bertz CT molecular complexity index is 637. The van der Waals surface area contributed by atoms with Gasteiger partial charge in [-0.05, 0) is 37.3 Å². The van der Waals surface area contributed by atoms with Gasteiger partial charge in [-0.2, -0.15) is 0 Å². The molecule has 2 aromatic carbocycles. The predicted octanol–water partition coefficient (Wildman–Crippen LogP) is 3.14. The molecule has 0 aliphatic heterocycles. The second-order valence-electron chi connectivity index (χ2n) is 4.50. The van der Waals surface area contributed by atoms with Crippen molar-refractivity contribution in [3.05, 3.63) is 65.7 Å².